The minimum absolute atomic E-state index is 0.0856. The molecule has 81 heavy (non-hydrogen) atoms. The number of hydrogen-bond acceptors (Lipinski definition) is 24. The van der Waals surface area contributed by atoms with Crippen molar-refractivity contribution in [2.75, 3.05) is 119 Å². The third-order valence-corrected chi connectivity index (χ3v) is 11.7. The fourth-order valence-electron chi connectivity index (χ4n) is 7.30. The molecule has 0 aliphatic carbocycles. The summed E-state index contributed by atoms with van der Waals surface area (Å²) >= 11 is 4.71. The summed E-state index contributed by atoms with van der Waals surface area (Å²) in [6.07, 6.45) is 8.14. The van der Waals surface area contributed by atoms with E-state index in [0.717, 1.165) is 42.8 Å². The van der Waals surface area contributed by atoms with Crippen LogP contribution in [0.5, 0.6) is 11.5 Å². The number of likely N-dealkylation sites (N-methyl/N-ethyl adjacent to an activating group) is 4. The second-order valence-corrected chi connectivity index (χ2v) is 20.0. The van der Waals surface area contributed by atoms with Crippen molar-refractivity contribution >= 4 is 92.0 Å². The normalized spacial score (nSPS) is 11.0. The molecule has 7 N–H and O–H groups in total. The average Bonchev–Trinajstić information content (AvgIpc) is 3.44. The SMILES string of the molecule is C=CC(=O)Cl.C=CC(=O)Nc1cc(Nc2ncnc(Nc3cnc(C)cc3C(C)(C)O)n2)c(OC)cc1N(C)CCN(C)C.COc1cc(N(C)CCN(C)C)c([N+](=O)[O-])cc1Nc1ncnc(Nc2cnc(C)cc2C(C)(C)O)n1. The van der Waals surface area contributed by atoms with E-state index in [0.29, 0.717) is 63.3 Å². The van der Waals surface area contributed by atoms with Gasteiger partial charge in [-0.25, -0.2) is 19.9 Å². The Morgan fingerprint density at radius 1 is 0.617 bits per heavy atom. The molecular formula is C54H73ClN18O8. The smallest absolute Gasteiger partial charge is 0.294 e. The number of hydrogen-bond donors (Lipinski definition) is 7. The Bertz CT molecular complexity index is 3150. The van der Waals surface area contributed by atoms with Gasteiger partial charge in [0.05, 0.1) is 76.9 Å². The highest BCUT2D eigenvalue weighted by molar-refractivity contribution is 6.66. The summed E-state index contributed by atoms with van der Waals surface area (Å²) in [4.78, 5) is 75.2. The predicted octanol–water partition coefficient (Wildman–Crippen LogP) is 7.56. The monoisotopic (exact) mass is 1140 g/mol. The number of nitrogens with zero attached hydrogens (tertiary/aromatic N) is 13. The number of benzene rings is 2. The lowest BCUT2D eigenvalue weighted by Crippen LogP contribution is -2.29. The van der Waals surface area contributed by atoms with Crippen LogP contribution in [0.25, 0.3) is 0 Å². The van der Waals surface area contributed by atoms with Crippen molar-refractivity contribution in [3.05, 3.63) is 119 Å². The molecule has 0 fully saturated rings. The molecule has 0 aliphatic heterocycles. The van der Waals surface area contributed by atoms with Gasteiger partial charge in [-0.2, -0.15) is 9.97 Å². The van der Waals surface area contributed by atoms with Crippen molar-refractivity contribution in [3.8, 4) is 11.5 Å². The van der Waals surface area contributed by atoms with Crippen LogP contribution in [0.1, 0.15) is 50.2 Å². The number of nitro benzene ring substituents is 1. The minimum Gasteiger partial charge on any atom is -0.494 e. The Morgan fingerprint density at radius 3 is 1.36 bits per heavy atom. The first kappa shape index (κ1) is 64.8. The average molecular weight is 1140 g/mol. The quantitative estimate of drug-likeness (QED) is 0.0133. The number of anilines is 11. The van der Waals surface area contributed by atoms with Gasteiger partial charge in [0.15, 0.2) is 0 Å². The minimum atomic E-state index is -1.13. The largest absolute Gasteiger partial charge is 0.494 e. The van der Waals surface area contributed by atoms with Gasteiger partial charge in [-0.05, 0) is 112 Å². The first-order valence-corrected chi connectivity index (χ1v) is 25.4. The highest BCUT2D eigenvalue weighted by Crippen LogP contribution is 2.40. The van der Waals surface area contributed by atoms with Crippen LogP contribution in [0.15, 0.2) is 86.8 Å². The van der Waals surface area contributed by atoms with E-state index in [1.165, 1.54) is 31.9 Å². The molecule has 0 aliphatic rings. The number of methoxy groups -OCH3 is 2. The van der Waals surface area contributed by atoms with Crippen LogP contribution >= 0.6 is 11.6 Å². The predicted molar refractivity (Wildman–Crippen MR) is 317 cm³/mol. The fraction of sp³-hybridized carbons (Fsp3) is 0.370. The molecule has 0 atom stereocenters. The molecule has 26 nitrogen and oxygen atoms in total. The van der Waals surface area contributed by atoms with Gasteiger partial charge in [0.25, 0.3) is 5.69 Å². The molecule has 0 radical (unpaired) electrons. The van der Waals surface area contributed by atoms with E-state index in [1.54, 1.807) is 72.4 Å². The van der Waals surface area contributed by atoms with Gasteiger partial charge < -0.3 is 65.9 Å². The topological polar surface area (TPSA) is 312 Å². The van der Waals surface area contributed by atoms with Crippen molar-refractivity contribution in [1.29, 1.82) is 0 Å². The Morgan fingerprint density at radius 2 is 1.00 bits per heavy atom. The van der Waals surface area contributed by atoms with Crippen LogP contribution in [0.4, 0.5) is 69.3 Å². The van der Waals surface area contributed by atoms with Gasteiger partial charge in [-0.1, -0.05) is 13.2 Å². The summed E-state index contributed by atoms with van der Waals surface area (Å²) in [6, 6.07) is 10.2. The number of halogens is 1. The highest BCUT2D eigenvalue weighted by atomic mass is 35.5. The van der Waals surface area contributed by atoms with Gasteiger partial charge in [-0.15, -0.1) is 0 Å². The molecule has 434 valence electrons. The van der Waals surface area contributed by atoms with Crippen molar-refractivity contribution in [3.63, 3.8) is 0 Å². The summed E-state index contributed by atoms with van der Waals surface area (Å²) in [5.74, 6) is 1.41. The number of pyridine rings is 2. The summed E-state index contributed by atoms with van der Waals surface area (Å²) in [7, 11) is 14.7. The Balaban J connectivity index is 0.000000322. The van der Waals surface area contributed by atoms with Crippen LogP contribution in [-0.4, -0.2) is 159 Å². The second kappa shape index (κ2) is 29.5. The van der Waals surface area contributed by atoms with E-state index in [4.69, 9.17) is 21.1 Å². The zero-order chi connectivity index (χ0) is 60.4. The van der Waals surface area contributed by atoms with Crippen molar-refractivity contribution in [2.24, 2.45) is 0 Å². The zero-order valence-corrected chi connectivity index (χ0v) is 49.0. The van der Waals surface area contributed by atoms with E-state index < -0.39 is 21.4 Å². The number of ether oxygens (including phenoxy) is 2. The molecule has 0 unspecified atom stereocenters. The number of nitrogens with one attached hydrogen (secondary N) is 5. The van der Waals surface area contributed by atoms with Crippen LogP contribution in [0.3, 0.4) is 0 Å². The maximum atomic E-state index is 12.2. The number of rotatable bonds is 24. The zero-order valence-electron chi connectivity index (χ0n) is 48.2. The fourth-order valence-corrected chi connectivity index (χ4v) is 7.30. The van der Waals surface area contributed by atoms with E-state index in [9.17, 15) is 29.9 Å². The summed E-state index contributed by atoms with van der Waals surface area (Å²) in [5.41, 5.74) is 4.23. The van der Waals surface area contributed by atoms with Crippen molar-refractivity contribution in [2.45, 2.75) is 52.7 Å². The van der Waals surface area contributed by atoms with Crippen molar-refractivity contribution < 1.29 is 34.2 Å². The molecule has 0 spiro atoms. The number of aryl methyl sites for hydroxylation is 2. The molecular weight excluding hydrogens is 1060 g/mol. The van der Waals surface area contributed by atoms with E-state index in [1.807, 2.05) is 75.9 Å². The lowest BCUT2D eigenvalue weighted by molar-refractivity contribution is -0.384. The molecule has 2 aromatic carbocycles. The second-order valence-electron chi connectivity index (χ2n) is 19.6. The molecule has 0 bridgehead atoms. The molecule has 1 amide bonds. The highest BCUT2D eigenvalue weighted by Gasteiger charge is 2.25. The number of nitro groups is 1. The standard InChI is InChI=1S/C27H37N9O3.C24H33N9O4.C3H3ClO/c1-9-24(37)31-19-13-20(23(39-8)14-22(19)36(7)11-10-35(5)6)32-25-29-16-30-26(34-25)33-21-15-28-17(2)12-18(21)27(3,4)38;1-15-10-16(24(2,3)34)18(13-25-15)29-23-27-14-26-22(30-23)28-17-11-20(33(35)36)19(12-21(17)37-7)32(6)9-8-31(4)5;1-2-3(4)5/h9,12-16,38H,1,10-11H2,2-8H3,(H,31,37)(H2,29,30,32,33,34);10-14,34H,8-9H2,1-7H3,(H2,26,27,28,29,30);2H,1H2. The summed E-state index contributed by atoms with van der Waals surface area (Å²) in [6.45, 7) is 19.9. The Hall–Kier alpha value is -8.69. The lowest BCUT2D eigenvalue weighted by atomic mass is 9.97. The first-order valence-electron chi connectivity index (χ1n) is 25.0. The third kappa shape index (κ3) is 19.9. The molecule has 0 saturated heterocycles. The first-order chi connectivity index (χ1) is 38.1. The molecule has 4 aromatic heterocycles. The maximum absolute atomic E-state index is 12.2. The number of carbonyl (C=O) groups excluding carboxylic acids is 2. The van der Waals surface area contributed by atoms with E-state index in [2.05, 4.69) is 84.5 Å². The summed E-state index contributed by atoms with van der Waals surface area (Å²) in [5, 5.41) is 47.8. The third-order valence-electron chi connectivity index (χ3n) is 11.5. The Kier molecular flexibility index (Phi) is 23.6. The number of allylic oxidation sites excluding steroid dienone is 1. The van der Waals surface area contributed by atoms with Gasteiger partial charge in [0.2, 0.25) is 34.9 Å². The summed E-state index contributed by atoms with van der Waals surface area (Å²) < 4.78 is 11.2. The van der Waals surface area contributed by atoms with Crippen LogP contribution < -0.4 is 45.9 Å². The van der Waals surface area contributed by atoms with Gasteiger partial charge in [0, 0.05) is 81.0 Å². The number of carbonyl (C=O) groups is 2. The van der Waals surface area contributed by atoms with Gasteiger partial charge >= 0.3 is 0 Å². The van der Waals surface area contributed by atoms with Crippen LogP contribution in [0, 0.1) is 24.0 Å². The molecule has 27 heteroatoms. The van der Waals surface area contributed by atoms with Crippen LogP contribution in [-0.2, 0) is 20.8 Å². The number of aliphatic hydroxyl groups is 2. The molecule has 0 saturated carbocycles. The maximum Gasteiger partial charge on any atom is 0.294 e. The molecule has 6 rings (SSSR count). The molecule has 4 heterocycles. The number of amides is 1. The van der Waals surface area contributed by atoms with E-state index >= 15 is 0 Å². The molecule has 6 aromatic rings. The lowest BCUT2D eigenvalue weighted by Gasteiger charge is -2.26. The van der Waals surface area contributed by atoms with E-state index in [-0.39, 0.29) is 35.4 Å². The van der Waals surface area contributed by atoms with Gasteiger partial charge in [0.1, 0.15) is 29.8 Å². The van der Waals surface area contributed by atoms with Crippen molar-refractivity contribution in [1.82, 2.24) is 49.7 Å². The number of aromatic nitrogens is 8. The van der Waals surface area contributed by atoms with Gasteiger partial charge in [-0.3, -0.25) is 29.7 Å². The Labute approximate surface area is 476 Å². The van der Waals surface area contributed by atoms with Crippen LogP contribution in [0.2, 0.25) is 0 Å².